The molecule has 0 amide bonds. The molecule has 0 aliphatic rings. The standard InChI is InChI=1S/C16H34O3.C15H32O3.C14H30O3.2C13H28O3.C12H26O3/c1-4-7-8-9-10-11-12-14-16(13-5-2)18-19-17-15-6-3;1-4-7-8-9-10-11-13-15(12-5-2)17-18-16-14-6-3;1-4-7-8-9-10-12-14(11-5-2)16-17-15-13-6-3;1-4-7-8-9-11-13(10-5-2)15-16-14-12-6-3;1-2-3-4-5-6-7-8-9-10-11-12-13-15-16-14;1-4-7-8-10-12(9-5-2)14-15-13-11-6-3/h16H,4-15H2,1-3H3;15H,4-14H2,1-3H3;14H,4-13H2,1-3H3;13H,4-12H2,1-3H3;14H,2-13H2,1H3;12H,4-11H2,1-3H3. The molecule has 0 aliphatic carbocycles. The van der Waals surface area contributed by atoms with Gasteiger partial charge in [0.05, 0.1) is 70.2 Å². The van der Waals surface area contributed by atoms with Crippen LogP contribution < -0.4 is 0 Å². The van der Waals surface area contributed by atoms with Crippen LogP contribution in [0.2, 0.25) is 0 Å². The molecule has 0 aromatic rings. The molecule has 0 aliphatic heterocycles. The zero-order valence-corrected chi connectivity index (χ0v) is 70.1. The van der Waals surface area contributed by atoms with Crippen molar-refractivity contribution in [2.75, 3.05) is 39.6 Å². The van der Waals surface area contributed by atoms with Gasteiger partial charge >= 0.3 is 0 Å². The van der Waals surface area contributed by atoms with Crippen molar-refractivity contribution in [1.82, 2.24) is 0 Å². The van der Waals surface area contributed by atoms with Crippen LogP contribution in [-0.4, -0.2) is 75.4 Å². The summed E-state index contributed by atoms with van der Waals surface area (Å²) in [6, 6.07) is 0. The fourth-order valence-corrected chi connectivity index (χ4v) is 10.6. The molecule has 5 atom stereocenters. The number of rotatable bonds is 78. The maximum absolute atomic E-state index is 7.91. The van der Waals surface area contributed by atoms with Crippen molar-refractivity contribution in [2.45, 2.75) is 501 Å². The van der Waals surface area contributed by atoms with E-state index in [1.807, 2.05) is 34.6 Å². The van der Waals surface area contributed by atoms with Crippen molar-refractivity contribution >= 4 is 0 Å². The monoisotopic (exact) mass is 1460 g/mol. The summed E-state index contributed by atoms with van der Waals surface area (Å²) in [6.07, 6.45) is 68.9. The average molecular weight is 1460 g/mol. The Morgan fingerprint density at radius 1 is 0.158 bits per heavy atom. The maximum atomic E-state index is 7.91. The van der Waals surface area contributed by atoms with Crippen LogP contribution in [0.15, 0.2) is 0 Å². The van der Waals surface area contributed by atoms with Crippen LogP contribution in [0.4, 0.5) is 0 Å². The lowest BCUT2D eigenvalue weighted by Crippen LogP contribution is -2.13. The summed E-state index contributed by atoms with van der Waals surface area (Å²) < 4.78 is 0. The highest BCUT2D eigenvalue weighted by molar-refractivity contribution is 4.60. The number of hydrogen-bond donors (Lipinski definition) is 1. The third-order valence-corrected chi connectivity index (χ3v) is 16.6. The largest absolute Gasteiger partial charge is 0.221 e. The van der Waals surface area contributed by atoms with E-state index in [0.717, 1.165) is 135 Å². The quantitative estimate of drug-likeness (QED) is 0.0345. The van der Waals surface area contributed by atoms with E-state index in [9.17, 15) is 0 Å². The van der Waals surface area contributed by atoms with E-state index < -0.39 is 0 Å². The molecule has 0 spiro atoms. The van der Waals surface area contributed by atoms with E-state index in [-0.39, 0.29) is 30.5 Å². The van der Waals surface area contributed by atoms with Gasteiger partial charge in [0, 0.05) is 0 Å². The molecular formula is C83H178O18. The van der Waals surface area contributed by atoms with Gasteiger partial charge in [-0.3, -0.25) is 0 Å². The van der Waals surface area contributed by atoms with E-state index in [1.165, 1.54) is 225 Å². The Kier molecular flexibility index (Phi) is 121. The van der Waals surface area contributed by atoms with Gasteiger partial charge < -0.3 is 0 Å². The first-order chi connectivity index (χ1) is 49.6. The third kappa shape index (κ3) is 110. The molecule has 0 heterocycles. The second-order valence-electron chi connectivity index (χ2n) is 27.4. The van der Waals surface area contributed by atoms with Crippen molar-refractivity contribution in [2.24, 2.45) is 0 Å². The lowest BCUT2D eigenvalue weighted by Gasteiger charge is -2.14. The van der Waals surface area contributed by atoms with Crippen LogP contribution >= 0.6 is 0 Å². The van der Waals surface area contributed by atoms with Gasteiger partial charge in [0.2, 0.25) is 0 Å². The van der Waals surface area contributed by atoms with Crippen molar-refractivity contribution in [1.29, 1.82) is 0 Å². The molecule has 0 saturated heterocycles. The highest BCUT2D eigenvalue weighted by Crippen LogP contribution is 2.20. The van der Waals surface area contributed by atoms with Gasteiger partial charge in [-0.05, 0) is 103 Å². The molecule has 18 nitrogen and oxygen atoms in total. The summed E-state index contributed by atoms with van der Waals surface area (Å²) in [7, 11) is 0. The second kappa shape index (κ2) is 110. The number of hydrogen-bond acceptors (Lipinski definition) is 18. The van der Waals surface area contributed by atoms with E-state index in [4.69, 9.17) is 79.3 Å². The fourth-order valence-electron chi connectivity index (χ4n) is 10.6. The summed E-state index contributed by atoms with van der Waals surface area (Å²) in [5.74, 6) is 0. The summed E-state index contributed by atoms with van der Waals surface area (Å²) in [6.45, 7) is 37.9. The molecule has 0 saturated carbocycles. The van der Waals surface area contributed by atoms with Crippen molar-refractivity contribution in [3.63, 3.8) is 0 Å². The normalized spacial score (nSPS) is 12.6. The van der Waals surface area contributed by atoms with Gasteiger partial charge in [0.25, 0.3) is 0 Å². The minimum absolute atomic E-state index is 0.192. The molecule has 0 bridgehead atoms. The molecule has 0 rings (SSSR count). The van der Waals surface area contributed by atoms with Crippen LogP contribution in [0, 0.1) is 0 Å². The Bertz CT molecular complexity index is 1270. The van der Waals surface area contributed by atoms with Gasteiger partial charge in [-0.25, -0.2) is 59.0 Å². The average Bonchev–Trinajstić information content (AvgIpc) is 3.56. The lowest BCUT2D eigenvalue weighted by atomic mass is 10.0. The summed E-state index contributed by atoms with van der Waals surface area (Å²) >= 11 is 0. The molecule has 5 unspecified atom stereocenters. The fraction of sp³-hybridized carbons (Fsp3) is 1.00. The summed E-state index contributed by atoms with van der Waals surface area (Å²) in [5, 5.41) is 35.3. The Balaban J connectivity index is -0.000000269. The van der Waals surface area contributed by atoms with Crippen LogP contribution in [0.25, 0.3) is 0 Å². The smallest absolute Gasteiger partial charge is 0.0961 e. The minimum atomic E-state index is 0.192. The first kappa shape index (κ1) is 111. The highest BCUT2D eigenvalue weighted by atomic mass is 17.5. The lowest BCUT2D eigenvalue weighted by molar-refractivity contribution is -0.527. The van der Waals surface area contributed by atoms with Crippen LogP contribution in [0.5, 0.6) is 0 Å². The predicted molar refractivity (Wildman–Crippen MR) is 419 cm³/mol. The topological polar surface area (TPSA) is 177 Å². The molecule has 18 heteroatoms. The molecule has 1 N–H and O–H groups in total. The molecular weight excluding hydrogens is 1280 g/mol. The molecule has 0 aromatic carbocycles. The van der Waals surface area contributed by atoms with E-state index in [1.54, 1.807) is 0 Å². The predicted octanol–water partition coefficient (Wildman–Crippen LogP) is 28.7. The molecule has 101 heavy (non-hydrogen) atoms. The Labute approximate surface area is 627 Å². The van der Waals surface area contributed by atoms with Crippen molar-refractivity contribution in [3.05, 3.63) is 0 Å². The Hall–Kier alpha value is -0.720. The first-order valence-electron chi connectivity index (χ1n) is 43.3. The second-order valence-corrected chi connectivity index (χ2v) is 27.4. The van der Waals surface area contributed by atoms with Gasteiger partial charge in [-0.15, -0.1) is 0 Å². The van der Waals surface area contributed by atoms with Gasteiger partial charge in [-0.1, -0.05) is 398 Å². The molecule has 618 valence electrons. The van der Waals surface area contributed by atoms with E-state index in [2.05, 4.69) is 86.1 Å². The highest BCUT2D eigenvalue weighted by Gasteiger charge is 2.14. The zero-order chi connectivity index (χ0) is 75.7. The number of unbranched alkanes of at least 4 members (excludes halogenated alkanes) is 30. The van der Waals surface area contributed by atoms with E-state index in [0.29, 0.717) is 39.6 Å². The SMILES string of the molecule is CCCCCC(CCC)OOOCCC.CCCCCCC(CCC)OOOCCC.CCCCCCCC(CCC)OOOCCC.CCCCCCCCC(CCC)OOOCCC.CCCCCCCCCC(CCC)OOOCCC.CCCCCCCCCCCCCOOO. The molecule has 0 radical (unpaired) electrons. The Morgan fingerprint density at radius 2 is 0.327 bits per heavy atom. The minimum Gasteiger partial charge on any atom is -0.221 e. The van der Waals surface area contributed by atoms with Crippen LogP contribution in [-0.2, 0) is 84.0 Å². The summed E-state index contributed by atoms with van der Waals surface area (Å²) in [4.78, 5) is 55.1. The van der Waals surface area contributed by atoms with Crippen molar-refractivity contribution in [3.8, 4) is 0 Å². The maximum Gasteiger partial charge on any atom is 0.0961 e. The first-order valence-corrected chi connectivity index (χ1v) is 43.3. The van der Waals surface area contributed by atoms with Gasteiger partial charge in [0.15, 0.2) is 0 Å². The van der Waals surface area contributed by atoms with Crippen molar-refractivity contribution < 1.29 is 89.3 Å². The summed E-state index contributed by atoms with van der Waals surface area (Å²) in [5.41, 5.74) is 0. The third-order valence-electron chi connectivity index (χ3n) is 16.6. The van der Waals surface area contributed by atoms with Crippen LogP contribution in [0.3, 0.4) is 0 Å². The van der Waals surface area contributed by atoms with Gasteiger partial charge in [-0.2, -0.15) is 0 Å². The Morgan fingerprint density at radius 3 is 0.515 bits per heavy atom. The van der Waals surface area contributed by atoms with E-state index >= 15 is 0 Å². The van der Waals surface area contributed by atoms with Crippen LogP contribution in [0.1, 0.15) is 470 Å². The molecule has 0 aromatic heterocycles. The zero-order valence-electron chi connectivity index (χ0n) is 70.1. The molecule has 0 fully saturated rings. The van der Waals surface area contributed by atoms with Gasteiger partial charge in [0.1, 0.15) is 0 Å².